The Morgan fingerprint density at radius 3 is 2.79 bits per heavy atom. The maximum atomic E-state index is 12.7. The summed E-state index contributed by atoms with van der Waals surface area (Å²) in [5, 5.41) is 6.96. The normalized spacial score (nSPS) is 15.8. The molecule has 0 bridgehead atoms. The van der Waals surface area contributed by atoms with Gasteiger partial charge in [0, 0.05) is 12.5 Å². The van der Waals surface area contributed by atoms with E-state index < -0.39 is 24.5 Å². The Hall–Kier alpha value is -3.20. The summed E-state index contributed by atoms with van der Waals surface area (Å²) in [5.74, 6) is -1.74. The van der Waals surface area contributed by atoms with Crippen LogP contribution < -0.4 is 15.5 Å². The molecule has 0 spiro atoms. The number of thiophene rings is 1. The number of hydrogen-bond donors (Lipinski definition) is 2. The Morgan fingerprint density at radius 2 is 2.04 bits per heavy atom. The van der Waals surface area contributed by atoms with Gasteiger partial charge in [-0.2, -0.15) is 0 Å². The van der Waals surface area contributed by atoms with Gasteiger partial charge in [-0.15, -0.1) is 11.3 Å². The molecule has 1 unspecified atom stereocenters. The fourth-order valence-corrected chi connectivity index (χ4v) is 3.52. The van der Waals surface area contributed by atoms with Crippen LogP contribution in [0.5, 0.6) is 0 Å². The van der Waals surface area contributed by atoms with Crippen molar-refractivity contribution in [2.24, 2.45) is 0 Å². The second kappa shape index (κ2) is 8.66. The van der Waals surface area contributed by atoms with Gasteiger partial charge in [-0.3, -0.25) is 19.2 Å². The third-order valence-corrected chi connectivity index (χ3v) is 4.99. The van der Waals surface area contributed by atoms with Crippen LogP contribution in [0.25, 0.3) is 0 Å². The van der Waals surface area contributed by atoms with Gasteiger partial charge in [0.2, 0.25) is 5.91 Å². The molecule has 3 rings (SSSR count). The first-order chi connectivity index (χ1) is 13.5. The van der Waals surface area contributed by atoms with E-state index in [0.717, 1.165) is 0 Å². The van der Waals surface area contributed by atoms with E-state index in [1.165, 1.54) is 16.2 Å². The Labute approximate surface area is 165 Å². The molecule has 1 atom stereocenters. The lowest BCUT2D eigenvalue weighted by Crippen LogP contribution is -2.42. The van der Waals surface area contributed by atoms with Crippen LogP contribution in [0.15, 0.2) is 41.8 Å². The van der Waals surface area contributed by atoms with Gasteiger partial charge in [0.15, 0.2) is 6.61 Å². The molecule has 146 valence electrons. The van der Waals surface area contributed by atoms with Crippen molar-refractivity contribution in [3.8, 4) is 0 Å². The molecule has 2 N–H and O–H groups in total. The molecule has 0 aliphatic carbocycles. The number of amides is 3. The Morgan fingerprint density at radius 1 is 1.25 bits per heavy atom. The molecule has 0 saturated heterocycles. The number of rotatable bonds is 5. The average molecular weight is 401 g/mol. The maximum Gasteiger partial charge on any atom is 0.325 e. The first-order valence-corrected chi connectivity index (χ1v) is 9.52. The SMILES string of the molecule is CC1CC(=O)Nc2ccccc2N1C(=O)COC(=O)CNC(=O)c1cccs1. The van der Waals surface area contributed by atoms with Crippen LogP contribution in [-0.2, 0) is 19.1 Å². The van der Waals surface area contributed by atoms with Crippen molar-refractivity contribution in [3.63, 3.8) is 0 Å². The number of carbonyl (C=O) groups excluding carboxylic acids is 4. The van der Waals surface area contributed by atoms with Gasteiger partial charge in [-0.25, -0.2) is 0 Å². The van der Waals surface area contributed by atoms with E-state index in [-0.39, 0.29) is 24.8 Å². The molecule has 2 aromatic rings. The predicted molar refractivity (Wildman–Crippen MR) is 104 cm³/mol. The highest BCUT2D eigenvalue weighted by atomic mass is 32.1. The van der Waals surface area contributed by atoms with Crippen molar-refractivity contribution in [3.05, 3.63) is 46.7 Å². The summed E-state index contributed by atoms with van der Waals surface area (Å²) >= 11 is 1.26. The maximum absolute atomic E-state index is 12.7. The van der Waals surface area contributed by atoms with Crippen molar-refractivity contribution in [1.82, 2.24) is 5.32 Å². The summed E-state index contributed by atoms with van der Waals surface area (Å²) in [6.45, 7) is 0.930. The zero-order chi connectivity index (χ0) is 20.1. The smallest absolute Gasteiger partial charge is 0.325 e. The average Bonchev–Trinajstić information content (AvgIpc) is 3.16. The largest absolute Gasteiger partial charge is 0.454 e. The highest BCUT2D eigenvalue weighted by molar-refractivity contribution is 7.12. The fraction of sp³-hybridized carbons (Fsp3) is 0.263. The number of para-hydroxylation sites is 2. The predicted octanol–water partition coefficient (Wildman–Crippen LogP) is 1.78. The number of anilines is 2. The molecule has 1 aromatic heterocycles. The zero-order valence-electron chi connectivity index (χ0n) is 15.1. The first-order valence-electron chi connectivity index (χ1n) is 8.64. The van der Waals surface area contributed by atoms with Crippen molar-refractivity contribution in [1.29, 1.82) is 0 Å². The Kier molecular flexibility index (Phi) is 6.05. The van der Waals surface area contributed by atoms with E-state index in [2.05, 4.69) is 10.6 Å². The molecular weight excluding hydrogens is 382 g/mol. The number of benzene rings is 1. The van der Waals surface area contributed by atoms with Crippen LogP contribution >= 0.6 is 11.3 Å². The van der Waals surface area contributed by atoms with E-state index in [9.17, 15) is 19.2 Å². The zero-order valence-corrected chi connectivity index (χ0v) is 16.0. The van der Waals surface area contributed by atoms with E-state index in [1.54, 1.807) is 48.7 Å². The van der Waals surface area contributed by atoms with Crippen LogP contribution in [0.1, 0.15) is 23.0 Å². The third kappa shape index (κ3) is 4.55. The monoisotopic (exact) mass is 401 g/mol. The molecule has 8 nitrogen and oxygen atoms in total. The molecule has 3 amide bonds. The van der Waals surface area contributed by atoms with Crippen LogP contribution in [-0.4, -0.2) is 42.9 Å². The van der Waals surface area contributed by atoms with Crippen molar-refractivity contribution < 1.29 is 23.9 Å². The summed E-state index contributed by atoms with van der Waals surface area (Å²) in [5.41, 5.74) is 1.08. The quantitative estimate of drug-likeness (QED) is 0.743. The molecule has 9 heteroatoms. The molecule has 28 heavy (non-hydrogen) atoms. The first kappa shape index (κ1) is 19.6. The summed E-state index contributed by atoms with van der Waals surface area (Å²) in [6, 6.07) is 9.92. The van der Waals surface area contributed by atoms with Crippen LogP contribution in [0.2, 0.25) is 0 Å². The van der Waals surface area contributed by atoms with Crippen molar-refractivity contribution in [2.75, 3.05) is 23.4 Å². The fourth-order valence-electron chi connectivity index (χ4n) is 2.88. The summed E-state index contributed by atoms with van der Waals surface area (Å²) in [6.07, 6.45) is 0.130. The second-order valence-electron chi connectivity index (χ2n) is 6.20. The molecular formula is C19H19N3O5S. The van der Waals surface area contributed by atoms with Crippen LogP contribution in [0, 0.1) is 0 Å². The van der Waals surface area contributed by atoms with Gasteiger partial charge in [0.1, 0.15) is 6.54 Å². The van der Waals surface area contributed by atoms with Crippen molar-refractivity contribution in [2.45, 2.75) is 19.4 Å². The van der Waals surface area contributed by atoms with Gasteiger partial charge >= 0.3 is 5.97 Å². The highest BCUT2D eigenvalue weighted by Crippen LogP contribution is 2.31. The lowest BCUT2D eigenvalue weighted by molar-refractivity contribution is -0.146. The lowest BCUT2D eigenvalue weighted by Gasteiger charge is -2.27. The number of esters is 1. The number of nitrogens with one attached hydrogen (secondary N) is 2. The van der Waals surface area contributed by atoms with E-state index in [1.807, 2.05) is 0 Å². The minimum absolute atomic E-state index is 0.130. The third-order valence-electron chi connectivity index (χ3n) is 4.12. The van der Waals surface area contributed by atoms with E-state index >= 15 is 0 Å². The standard InChI is InChI=1S/C19H19N3O5S/c1-12-9-16(23)21-13-5-2-3-6-14(13)22(12)17(24)11-27-18(25)10-20-19(26)15-7-4-8-28-15/h2-8,12H,9-11H2,1H3,(H,20,26)(H,21,23). The van der Waals surface area contributed by atoms with Gasteiger partial charge in [-0.05, 0) is 30.5 Å². The molecule has 0 fully saturated rings. The van der Waals surface area contributed by atoms with Crippen LogP contribution in [0.4, 0.5) is 11.4 Å². The molecule has 0 saturated carbocycles. The summed E-state index contributed by atoms with van der Waals surface area (Å²) in [4.78, 5) is 50.3. The number of nitrogens with zero attached hydrogens (tertiary/aromatic N) is 1. The van der Waals surface area contributed by atoms with Crippen molar-refractivity contribution >= 4 is 46.4 Å². The number of carbonyl (C=O) groups is 4. The number of hydrogen-bond acceptors (Lipinski definition) is 6. The molecule has 0 radical (unpaired) electrons. The van der Waals surface area contributed by atoms with Gasteiger partial charge in [0.05, 0.1) is 16.3 Å². The molecule has 1 aliphatic rings. The van der Waals surface area contributed by atoms with Crippen LogP contribution in [0.3, 0.4) is 0 Å². The van der Waals surface area contributed by atoms with Gasteiger partial charge in [-0.1, -0.05) is 18.2 Å². The molecule has 1 aromatic carbocycles. The molecule has 2 heterocycles. The Bertz CT molecular complexity index is 897. The van der Waals surface area contributed by atoms with Gasteiger partial charge < -0.3 is 20.3 Å². The van der Waals surface area contributed by atoms with E-state index in [0.29, 0.717) is 16.3 Å². The second-order valence-corrected chi connectivity index (χ2v) is 7.15. The minimum Gasteiger partial charge on any atom is -0.454 e. The summed E-state index contributed by atoms with van der Waals surface area (Å²) < 4.78 is 5.01. The Balaban J connectivity index is 1.58. The lowest BCUT2D eigenvalue weighted by atomic mass is 10.1. The number of ether oxygens (including phenoxy) is 1. The molecule has 1 aliphatic heterocycles. The highest BCUT2D eigenvalue weighted by Gasteiger charge is 2.30. The minimum atomic E-state index is -0.719. The summed E-state index contributed by atoms with van der Waals surface area (Å²) in [7, 11) is 0. The topological polar surface area (TPSA) is 105 Å². The number of fused-ring (bicyclic) bond motifs is 1. The van der Waals surface area contributed by atoms with E-state index in [4.69, 9.17) is 4.74 Å². The van der Waals surface area contributed by atoms with Gasteiger partial charge in [0.25, 0.3) is 11.8 Å².